The zero-order valence-corrected chi connectivity index (χ0v) is 15.5. The summed E-state index contributed by atoms with van der Waals surface area (Å²) in [5.74, 6) is 0.940. The smallest absolute Gasteiger partial charge is 0.246 e. The van der Waals surface area contributed by atoms with Gasteiger partial charge in [-0.15, -0.1) is 0 Å². The topological polar surface area (TPSA) is 86.5 Å². The van der Waals surface area contributed by atoms with E-state index in [-0.39, 0.29) is 4.90 Å². The van der Waals surface area contributed by atoms with E-state index in [9.17, 15) is 13.7 Å². The molecule has 8 heteroatoms. The van der Waals surface area contributed by atoms with E-state index in [1.165, 1.54) is 11.4 Å². The van der Waals surface area contributed by atoms with Crippen LogP contribution in [0.15, 0.2) is 41.4 Å². The predicted molar refractivity (Wildman–Crippen MR) is 97.7 cm³/mol. The average molecular weight is 372 g/mol. The first-order valence-corrected chi connectivity index (χ1v) is 9.66. The second-order valence-electron chi connectivity index (χ2n) is 6.03. The van der Waals surface area contributed by atoms with Crippen molar-refractivity contribution in [1.29, 1.82) is 5.26 Å². The van der Waals surface area contributed by atoms with Crippen molar-refractivity contribution in [1.82, 2.24) is 9.29 Å². The molecule has 0 saturated carbocycles. The second kappa shape index (κ2) is 7.32. The van der Waals surface area contributed by atoms with Crippen molar-refractivity contribution in [2.75, 3.05) is 38.2 Å². The molecule has 26 heavy (non-hydrogen) atoms. The molecule has 1 fully saturated rings. The number of rotatable bonds is 4. The van der Waals surface area contributed by atoms with E-state index >= 15 is 0 Å². The largest absolute Gasteiger partial charge is 0.495 e. The number of aryl methyl sites for hydroxylation is 1. The number of hydrogen-bond acceptors (Lipinski definition) is 6. The molecular weight excluding hydrogens is 352 g/mol. The van der Waals surface area contributed by atoms with Crippen molar-refractivity contribution in [3.63, 3.8) is 0 Å². The van der Waals surface area contributed by atoms with Crippen LogP contribution in [0.3, 0.4) is 0 Å². The summed E-state index contributed by atoms with van der Waals surface area (Å²) in [6.07, 6.45) is 1.64. The molecule has 0 bridgehead atoms. The number of ether oxygens (including phenoxy) is 1. The Morgan fingerprint density at radius 3 is 2.58 bits per heavy atom. The lowest BCUT2D eigenvalue weighted by molar-refractivity contribution is 0.373. The number of benzene rings is 1. The second-order valence-corrected chi connectivity index (χ2v) is 7.94. The Balaban J connectivity index is 1.82. The van der Waals surface area contributed by atoms with Gasteiger partial charge in [0, 0.05) is 32.4 Å². The van der Waals surface area contributed by atoms with Gasteiger partial charge in [0.2, 0.25) is 10.0 Å². The van der Waals surface area contributed by atoms with E-state index in [4.69, 9.17) is 4.74 Å². The van der Waals surface area contributed by atoms with E-state index in [0.717, 1.165) is 5.56 Å². The number of nitrogens with zero attached hydrogens (tertiary/aromatic N) is 4. The lowest BCUT2D eigenvalue weighted by Gasteiger charge is -2.35. The third-order valence-electron chi connectivity index (χ3n) is 4.38. The quantitative estimate of drug-likeness (QED) is 0.813. The summed E-state index contributed by atoms with van der Waals surface area (Å²) in [7, 11) is -2.19. The van der Waals surface area contributed by atoms with Crippen molar-refractivity contribution < 1.29 is 13.2 Å². The normalized spacial score (nSPS) is 15.5. The first-order chi connectivity index (χ1) is 12.5. The molecule has 1 aliphatic heterocycles. The van der Waals surface area contributed by atoms with Crippen LogP contribution in [-0.4, -0.2) is 51.0 Å². The van der Waals surface area contributed by atoms with Crippen LogP contribution in [0.4, 0.5) is 5.82 Å². The Bertz CT molecular complexity index is 945. The van der Waals surface area contributed by atoms with Gasteiger partial charge in [-0.2, -0.15) is 9.57 Å². The summed E-state index contributed by atoms with van der Waals surface area (Å²) in [5, 5.41) is 9.23. The van der Waals surface area contributed by atoms with Gasteiger partial charge in [0.15, 0.2) is 0 Å². The highest BCUT2D eigenvalue weighted by molar-refractivity contribution is 7.89. The van der Waals surface area contributed by atoms with Crippen LogP contribution in [0.1, 0.15) is 11.1 Å². The maximum atomic E-state index is 13.0. The van der Waals surface area contributed by atoms with Crippen LogP contribution >= 0.6 is 0 Å². The molecule has 2 aromatic rings. The Morgan fingerprint density at radius 2 is 1.92 bits per heavy atom. The van der Waals surface area contributed by atoms with Gasteiger partial charge >= 0.3 is 0 Å². The number of nitriles is 1. The van der Waals surface area contributed by atoms with Crippen LogP contribution in [-0.2, 0) is 10.0 Å². The Morgan fingerprint density at radius 1 is 1.19 bits per heavy atom. The number of hydrogen-bond donors (Lipinski definition) is 0. The summed E-state index contributed by atoms with van der Waals surface area (Å²) >= 11 is 0. The summed E-state index contributed by atoms with van der Waals surface area (Å²) in [6, 6.07) is 10.7. The van der Waals surface area contributed by atoms with E-state index in [1.807, 2.05) is 17.9 Å². The first kappa shape index (κ1) is 18.2. The van der Waals surface area contributed by atoms with Gasteiger partial charge < -0.3 is 9.64 Å². The highest BCUT2D eigenvalue weighted by Gasteiger charge is 2.31. The molecule has 0 unspecified atom stereocenters. The maximum Gasteiger partial charge on any atom is 0.246 e. The van der Waals surface area contributed by atoms with Crippen LogP contribution in [0.2, 0.25) is 0 Å². The average Bonchev–Trinajstić information content (AvgIpc) is 2.68. The van der Waals surface area contributed by atoms with E-state index in [1.54, 1.807) is 30.5 Å². The minimum Gasteiger partial charge on any atom is -0.495 e. The minimum absolute atomic E-state index is 0.184. The third-order valence-corrected chi connectivity index (χ3v) is 6.30. The van der Waals surface area contributed by atoms with Crippen LogP contribution in [0, 0.1) is 18.3 Å². The summed E-state index contributed by atoms with van der Waals surface area (Å²) in [6.45, 7) is 3.43. The van der Waals surface area contributed by atoms with Crippen LogP contribution in [0.25, 0.3) is 0 Å². The number of aromatic nitrogens is 1. The van der Waals surface area contributed by atoms with Gasteiger partial charge in [-0.3, -0.25) is 0 Å². The standard InChI is InChI=1S/C18H20N4O3S/c1-14-5-6-16(25-2)17(12-14)26(23,24)22-10-8-21(9-11-22)18-15(13-19)4-3-7-20-18/h3-7,12H,8-11H2,1-2H3. The Hall–Kier alpha value is -2.63. The molecule has 1 aliphatic rings. The Kier molecular flexibility index (Phi) is 5.11. The predicted octanol–water partition coefficient (Wildman–Crippen LogP) is 1.78. The Labute approximate surface area is 153 Å². The molecule has 1 aromatic heterocycles. The van der Waals surface area contributed by atoms with Crippen LogP contribution in [0.5, 0.6) is 5.75 Å². The molecule has 0 spiro atoms. The molecule has 3 rings (SSSR count). The number of sulfonamides is 1. The fourth-order valence-electron chi connectivity index (χ4n) is 3.00. The van der Waals surface area contributed by atoms with Crippen molar-refractivity contribution in [3.8, 4) is 11.8 Å². The van der Waals surface area contributed by atoms with Crippen molar-refractivity contribution >= 4 is 15.8 Å². The van der Waals surface area contributed by atoms with E-state index in [0.29, 0.717) is 43.3 Å². The van der Waals surface area contributed by atoms with Gasteiger partial charge in [0.25, 0.3) is 0 Å². The molecule has 7 nitrogen and oxygen atoms in total. The first-order valence-electron chi connectivity index (χ1n) is 8.22. The van der Waals surface area contributed by atoms with Crippen molar-refractivity contribution in [3.05, 3.63) is 47.7 Å². The van der Waals surface area contributed by atoms with E-state index < -0.39 is 10.0 Å². The fraction of sp³-hybridized carbons (Fsp3) is 0.333. The molecule has 136 valence electrons. The van der Waals surface area contributed by atoms with E-state index in [2.05, 4.69) is 11.1 Å². The van der Waals surface area contributed by atoms with Crippen molar-refractivity contribution in [2.24, 2.45) is 0 Å². The number of piperazine rings is 1. The molecule has 1 saturated heterocycles. The zero-order chi connectivity index (χ0) is 18.7. The highest BCUT2D eigenvalue weighted by Crippen LogP contribution is 2.29. The highest BCUT2D eigenvalue weighted by atomic mass is 32.2. The zero-order valence-electron chi connectivity index (χ0n) is 14.7. The summed E-state index contributed by atoms with van der Waals surface area (Å²) in [5.41, 5.74) is 1.35. The molecule has 0 atom stereocenters. The molecule has 0 aliphatic carbocycles. The lowest BCUT2D eigenvalue weighted by Crippen LogP contribution is -2.49. The monoisotopic (exact) mass is 372 g/mol. The molecular formula is C18H20N4O3S. The third kappa shape index (κ3) is 3.36. The van der Waals surface area contributed by atoms with Gasteiger partial charge in [0.1, 0.15) is 22.5 Å². The maximum absolute atomic E-state index is 13.0. The number of anilines is 1. The summed E-state index contributed by atoms with van der Waals surface area (Å²) < 4.78 is 32.8. The van der Waals surface area contributed by atoms with Gasteiger partial charge in [-0.25, -0.2) is 13.4 Å². The number of pyridine rings is 1. The van der Waals surface area contributed by atoms with Gasteiger partial charge in [-0.1, -0.05) is 6.07 Å². The molecule has 2 heterocycles. The van der Waals surface area contributed by atoms with Gasteiger partial charge in [0.05, 0.1) is 12.7 Å². The minimum atomic E-state index is -3.65. The lowest BCUT2D eigenvalue weighted by atomic mass is 10.2. The molecule has 0 radical (unpaired) electrons. The van der Waals surface area contributed by atoms with Crippen LogP contribution < -0.4 is 9.64 Å². The number of methoxy groups -OCH3 is 1. The van der Waals surface area contributed by atoms with Crippen molar-refractivity contribution in [2.45, 2.75) is 11.8 Å². The molecule has 0 amide bonds. The molecule has 1 aromatic carbocycles. The van der Waals surface area contributed by atoms with Gasteiger partial charge in [-0.05, 0) is 36.8 Å². The molecule has 0 N–H and O–H groups in total. The fourth-order valence-corrected chi connectivity index (χ4v) is 4.66. The summed E-state index contributed by atoms with van der Waals surface area (Å²) in [4.78, 5) is 6.40. The SMILES string of the molecule is COc1ccc(C)cc1S(=O)(=O)N1CCN(c2ncccc2C#N)CC1.